The van der Waals surface area contributed by atoms with Crippen molar-refractivity contribution in [1.29, 1.82) is 0 Å². The highest BCUT2D eigenvalue weighted by Crippen LogP contribution is 2.26. The first-order chi connectivity index (χ1) is 9.17. The highest BCUT2D eigenvalue weighted by atomic mass is 35.5. The van der Waals surface area contributed by atoms with Gasteiger partial charge in [-0.1, -0.05) is 29.8 Å². The fourth-order valence-corrected chi connectivity index (χ4v) is 2.37. The first-order valence-electron chi connectivity index (χ1n) is 5.80. The van der Waals surface area contributed by atoms with Gasteiger partial charge in [-0.3, -0.25) is 9.59 Å². The summed E-state index contributed by atoms with van der Waals surface area (Å²) in [6.07, 6.45) is 0.335. The molecule has 0 unspecified atom stereocenters. The molecule has 3 aromatic carbocycles. The molecule has 3 rings (SSSR count). The van der Waals surface area contributed by atoms with Gasteiger partial charge in [0.25, 0.3) is 0 Å². The molecule has 0 aliphatic rings. The summed E-state index contributed by atoms with van der Waals surface area (Å²) in [6.45, 7) is 0. The van der Waals surface area contributed by atoms with E-state index < -0.39 is 5.78 Å². The maximum atomic E-state index is 11.4. The van der Waals surface area contributed by atoms with E-state index in [-0.39, 0.29) is 0 Å². The van der Waals surface area contributed by atoms with Gasteiger partial charge in [-0.25, -0.2) is 0 Å². The summed E-state index contributed by atoms with van der Waals surface area (Å²) >= 11 is 5.97. The number of carbonyl (C=O) groups is 2. The molecule has 0 bridgehead atoms. The van der Waals surface area contributed by atoms with Gasteiger partial charge in [0, 0.05) is 10.6 Å². The first-order valence-corrected chi connectivity index (χ1v) is 6.18. The SMILES string of the molecule is O=CC(=O)c1ccc2cc3cc(Cl)ccc3cc2c1. The van der Waals surface area contributed by atoms with Gasteiger partial charge in [0.2, 0.25) is 5.78 Å². The molecule has 0 radical (unpaired) electrons. The maximum absolute atomic E-state index is 11.4. The molecule has 92 valence electrons. The second-order valence-corrected chi connectivity index (χ2v) is 4.82. The predicted molar refractivity (Wildman–Crippen MR) is 76.9 cm³/mol. The smallest absolute Gasteiger partial charge is 0.225 e. The average molecular weight is 269 g/mol. The zero-order valence-electron chi connectivity index (χ0n) is 9.89. The molecule has 0 spiro atoms. The van der Waals surface area contributed by atoms with Crippen LogP contribution in [0.4, 0.5) is 0 Å². The Morgan fingerprint density at radius 1 is 0.842 bits per heavy atom. The Morgan fingerprint density at radius 2 is 1.47 bits per heavy atom. The summed E-state index contributed by atoms with van der Waals surface area (Å²) in [4.78, 5) is 21.9. The van der Waals surface area contributed by atoms with Crippen LogP contribution in [0.1, 0.15) is 10.4 Å². The van der Waals surface area contributed by atoms with Crippen LogP contribution in [-0.2, 0) is 4.79 Å². The molecule has 0 N–H and O–H groups in total. The third-order valence-corrected chi connectivity index (χ3v) is 3.38. The molecular weight excluding hydrogens is 260 g/mol. The van der Waals surface area contributed by atoms with Gasteiger partial charge in [0.15, 0.2) is 6.29 Å². The van der Waals surface area contributed by atoms with E-state index in [1.165, 1.54) is 0 Å². The van der Waals surface area contributed by atoms with Gasteiger partial charge in [-0.2, -0.15) is 0 Å². The van der Waals surface area contributed by atoms with Crippen LogP contribution in [0.3, 0.4) is 0 Å². The Hall–Kier alpha value is -2.19. The molecule has 0 aliphatic heterocycles. The fourth-order valence-electron chi connectivity index (χ4n) is 2.19. The summed E-state index contributed by atoms with van der Waals surface area (Å²) in [5.74, 6) is -0.502. The van der Waals surface area contributed by atoms with Crippen LogP contribution in [0.2, 0.25) is 5.02 Å². The zero-order valence-corrected chi connectivity index (χ0v) is 10.6. The standard InChI is InChI=1S/C16H9ClO2/c17-15-4-3-11-5-13-7-12(16(19)9-18)2-1-10(13)6-14(11)8-15/h1-9H. The van der Waals surface area contributed by atoms with E-state index in [9.17, 15) is 9.59 Å². The van der Waals surface area contributed by atoms with Gasteiger partial charge in [0.05, 0.1) is 0 Å². The monoisotopic (exact) mass is 268 g/mol. The van der Waals surface area contributed by atoms with Crippen LogP contribution in [0.5, 0.6) is 0 Å². The minimum Gasteiger partial charge on any atom is -0.294 e. The van der Waals surface area contributed by atoms with Crippen molar-refractivity contribution in [2.75, 3.05) is 0 Å². The number of hydrogen-bond donors (Lipinski definition) is 0. The van der Waals surface area contributed by atoms with Crippen LogP contribution in [0.25, 0.3) is 21.5 Å². The van der Waals surface area contributed by atoms with Crippen LogP contribution < -0.4 is 0 Å². The Balaban J connectivity index is 2.29. The highest BCUT2D eigenvalue weighted by molar-refractivity contribution is 6.33. The fraction of sp³-hybridized carbons (Fsp3) is 0. The first kappa shape index (κ1) is 11.9. The van der Waals surface area contributed by atoms with Crippen LogP contribution >= 0.6 is 11.6 Å². The maximum Gasteiger partial charge on any atom is 0.225 e. The second kappa shape index (κ2) is 4.48. The lowest BCUT2D eigenvalue weighted by atomic mass is 10.0. The van der Waals surface area contributed by atoms with Gasteiger partial charge in [-0.05, 0) is 51.9 Å². The van der Waals surface area contributed by atoms with Gasteiger partial charge in [0.1, 0.15) is 0 Å². The van der Waals surface area contributed by atoms with Crippen molar-refractivity contribution < 1.29 is 9.59 Å². The second-order valence-electron chi connectivity index (χ2n) is 4.39. The van der Waals surface area contributed by atoms with E-state index in [1.54, 1.807) is 12.1 Å². The van der Waals surface area contributed by atoms with Crippen molar-refractivity contribution in [3.05, 3.63) is 59.1 Å². The summed E-state index contributed by atoms with van der Waals surface area (Å²) in [6, 6.07) is 14.9. The molecule has 0 amide bonds. The molecule has 2 nitrogen and oxygen atoms in total. The number of hydrogen-bond acceptors (Lipinski definition) is 2. The van der Waals surface area contributed by atoms with Crippen LogP contribution in [0.15, 0.2) is 48.5 Å². The minimum atomic E-state index is -0.502. The number of halogens is 1. The van der Waals surface area contributed by atoms with Crippen LogP contribution in [0, 0.1) is 0 Å². The lowest BCUT2D eigenvalue weighted by molar-refractivity contribution is -0.104. The number of carbonyl (C=O) groups excluding carboxylic acids is 2. The molecular formula is C16H9ClO2. The lowest BCUT2D eigenvalue weighted by Crippen LogP contribution is -1.98. The van der Waals surface area contributed by atoms with E-state index in [1.807, 2.05) is 36.4 Å². The third kappa shape index (κ3) is 2.11. The van der Waals surface area contributed by atoms with Gasteiger partial charge in [-0.15, -0.1) is 0 Å². The van der Waals surface area contributed by atoms with E-state index in [0.717, 1.165) is 21.5 Å². The average Bonchev–Trinajstić information content (AvgIpc) is 2.43. The van der Waals surface area contributed by atoms with Crippen molar-refractivity contribution in [1.82, 2.24) is 0 Å². The largest absolute Gasteiger partial charge is 0.294 e. The lowest BCUT2D eigenvalue weighted by Gasteiger charge is -2.04. The number of rotatable bonds is 2. The molecule has 0 aliphatic carbocycles. The molecule has 0 heterocycles. The van der Waals surface area contributed by atoms with Crippen molar-refractivity contribution in [2.24, 2.45) is 0 Å². The molecule has 3 aromatic rings. The molecule has 3 heteroatoms. The quantitative estimate of drug-likeness (QED) is 0.304. The number of ketones is 1. The highest BCUT2D eigenvalue weighted by Gasteiger charge is 2.05. The molecule has 0 saturated carbocycles. The number of fused-ring (bicyclic) bond motifs is 2. The van der Waals surface area contributed by atoms with Gasteiger partial charge >= 0.3 is 0 Å². The van der Waals surface area contributed by atoms with Crippen molar-refractivity contribution in [2.45, 2.75) is 0 Å². The minimum absolute atomic E-state index is 0.335. The number of Topliss-reactive ketones (excluding diaryl/α,β-unsaturated/α-hetero) is 1. The topological polar surface area (TPSA) is 34.1 Å². The number of benzene rings is 3. The summed E-state index contributed by atoms with van der Waals surface area (Å²) < 4.78 is 0. The van der Waals surface area contributed by atoms with Crippen molar-refractivity contribution in [3.8, 4) is 0 Å². The van der Waals surface area contributed by atoms with Crippen molar-refractivity contribution >= 4 is 45.2 Å². The Labute approximate surface area is 114 Å². The van der Waals surface area contributed by atoms with E-state index in [0.29, 0.717) is 16.9 Å². The zero-order chi connectivity index (χ0) is 13.4. The Bertz CT molecular complexity index is 821. The molecule has 19 heavy (non-hydrogen) atoms. The molecule has 0 saturated heterocycles. The summed E-state index contributed by atoms with van der Waals surface area (Å²) in [7, 11) is 0. The molecule has 0 fully saturated rings. The predicted octanol–water partition coefficient (Wildman–Crippen LogP) is 4.03. The van der Waals surface area contributed by atoms with Crippen molar-refractivity contribution in [3.63, 3.8) is 0 Å². The summed E-state index contributed by atoms with van der Waals surface area (Å²) in [5.41, 5.74) is 0.413. The van der Waals surface area contributed by atoms with E-state index in [2.05, 4.69) is 0 Å². The molecule has 0 atom stereocenters. The summed E-state index contributed by atoms with van der Waals surface area (Å²) in [5, 5.41) is 4.74. The number of aldehydes is 1. The van der Waals surface area contributed by atoms with E-state index >= 15 is 0 Å². The Morgan fingerprint density at radius 3 is 2.16 bits per heavy atom. The van der Waals surface area contributed by atoms with Gasteiger partial charge < -0.3 is 0 Å². The Kier molecular flexibility index (Phi) is 2.80. The van der Waals surface area contributed by atoms with Crippen LogP contribution in [-0.4, -0.2) is 12.1 Å². The van der Waals surface area contributed by atoms with E-state index in [4.69, 9.17) is 11.6 Å². The normalized spacial score (nSPS) is 10.8. The third-order valence-electron chi connectivity index (χ3n) is 3.15. The molecule has 0 aromatic heterocycles.